The highest BCUT2D eigenvalue weighted by molar-refractivity contribution is 9.10. The summed E-state index contributed by atoms with van der Waals surface area (Å²) in [5.74, 6) is 0.0880. The number of primary amides is 1. The molecule has 2 aromatic carbocycles. The number of amides is 1. The van der Waals surface area contributed by atoms with Crippen LogP contribution in [0.3, 0.4) is 0 Å². The van der Waals surface area contributed by atoms with E-state index in [2.05, 4.69) is 36.3 Å². The van der Waals surface area contributed by atoms with E-state index in [0.29, 0.717) is 5.95 Å². The molecular formula is C20H17BrN6O. The van der Waals surface area contributed by atoms with Crippen LogP contribution in [0.1, 0.15) is 5.56 Å². The van der Waals surface area contributed by atoms with Crippen LogP contribution in [0, 0.1) is 0 Å². The summed E-state index contributed by atoms with van der Waals surface area (Å²) >= 11 is 3.45. The second-order valence-corrected chi connectivity index (χ2v) is 7.40. The summed E-state index contributed by atoms with van der Waals surface area (Å²) in [5.41, 5.74) is 9.68. The standard InChI is InChI=1S/C20H17BrN6O/c1-27-11-15(10-24-27)13-4-12(6-19(22)28)5-17(8-13)25-20-23-9-14-7-16(21)2-3-18(14)26-20/h2-5,7-11H,6H2,1H3,(H2,22,28)(H,23,25,26). The van der Waals surface area contributed by atoms with Gasteiger partial charge in [-0.25, -0.2) is 9.97 Å². The number of carbonyl (C=O) groups excluding carboxylic acids is 1. The molecule has 0 saturated carbocycles. The number of aryl methyl sites for hydroxylation is 1. The molecule has 28 heavy (non-hydrogen) atoms. The number of nitrogens with one attached hydrogen (secondary N) is 1. The molecule has 0 radical (unpaired) electrons. The molecule has 4 rings (SSSR count). The van der Waals surface area contributed by atoms with Crippen LogP contribution in [0.2, 0.25) is 0 Å². The van der Waals surface area contributed by atoms with Crippen molar-refractivity contribution in [2.24, 2.45) is 12.8 Å². The van der Waals surface area contributed by atoms with Gasteiger partial charge in [-0.1, -0.05) is 22.0 Å². The van der Waals surface area contributed by atoms with E-state index in [1.807, 2.05) is 49.6 Å². The Balaban J connectivity index is 1.71. The molecule has 0 atom stereocenters. The zero-order valence-electron chi connectivity index (χ0n) is 15.1. The zero-order valence-corrected chi connectivity index (χ0v) is 16.6. The predicted molar refractivity (Wildman–Crippen MR) is 112 cm³/mol. The van der Waals surface area contributed by atoms with Crippen molar-refractivity contribution in [1.82, 2.24) is 19.7 Å². The molecule has 0 aliphatic heterocycles. The third-order valence-corrected chi connectivity index (χ3v) is 4.70. The Morgan fingerprint density at radius 1 is 1.18 bits per heavy atom. The molecule has 1 amide bonds. The van der Waals surface area contributed by atoms with Gasteiger partial charge in [0, 0.05) is 40.6 Å². The number of hydrogen-bond donors (Lipinski definition) is 2. The molecule has 140 valence electrons. The Morgan fingerprint density at radius 3 is 2.79 bits per heavy atom. The lowest BCUT2D eigenvalue weighted by Crippen LogP contribution is -2.13. The van der Waals surface area contributed by atoms with Crippen molar-refractivity contribution in [3.63, 3.8) is 0 Å². The van der Waals surface area contributed by atoms with Crippen molar-refractivity contribution in [2.75, 3.05) is 5.32 Å². The molecule has 4 aromatic rings. The highest BCUT2D eigenvalue weighted by atomic mass is 79.9. The van der Waals surface area contributed by atoms with Crippen LogP contribution in [0.4, 0.5) is 11.6 Å². The van der Waals surface area contributed by atoms with Gasteiger partial charge in [-0.2, -0.15) is 5.10 Å². The number of rotatable bonds is 5. The molecule has 0 saturated heterocycles. The van der Waals surface area contributed by atoms with Gasteiger partial charge in [-0.05, 0) is 41.5 Å². The number of halogens is 1. The molecule has 2 heterocycles. The quantitative estimate of drug-likeness (QED) is 0.498. The van der Waals surface area contributed by atoms with E-state index in [0.717, 1.165) is 37.8 Å². The first-order chi connectivity index (χ1) is 13.5. The monoisotopic (exact) mass is 436 g/mol. The van der Waals surface area contributed by atoms with Gasteiger partial charge in [-0.15, -0.1) is 0 Å². The van der Waals surface area contributed by atoms with Crippen LogP contribution in [-0.4, -0.2) is 25.7 Å². The first kappa shape index (κ1) is 18.1. The molecule has 0 aliphatic carbocycles. The number of fused-ring (bicyclic) bond motifs is 1. The fourth-order valence-corrected chi connectivity index (χ4v) is 3.38. The van der Waals surface area contributed by atoms with E-state index >= 15 is 0 Å². The van der Waals surface area contributed by atoms with Crippen LogP contribution in [0.5, 0.6) is 0 Å². The minimum atomic E-state index is -0.387. The zero-order chi connectivity index (χ0) is 19.7. The number of nitrogens with two attached hydrogens (primary N) is 1. The van der Waals surface area contributed by atoms with Gasteiger partial charge in [-0.3, -0.25) is 9.48 Å². The third kappa shape index (κ3) is 4.01. The molecule has 0 spiro atoms. The summed E-state index contributed by atoms with van der Waals surface area (Å²) in [6, 6.07) is 11.6. The highest BCUT2D eigenvalue weighted by Gasteiger charge is 2.09. The normalized spacial score (nSPS) is 10.9. The second-order valence-electron chi connectivity index (χ2n) is 6.49. The lowest BCUT2D eigenvalue weighted by molar-refractivity contribution is -0.117. The first-order valence-corrected chi connectivity index (χ1v) is 9.36. The van der Waals surface area contributed by atoms with E-state index in [1.165, 1.54) is 0 Å². The van der Waals surface area contributed by atoms with Gasteiger partial charge in [0.1, 0.15) is 0 Å². The molecule has 3 N–H and O–H groups in total. The smallest absolute Gasteiger partial charge is 0.227 e. The number of carbonyl (C=O) groups is 1. The Labute approximate surface area is 169 Å². The van der Waals surface area contributed by atoms with Crippen molar-refractivity contribution in [3.05, 3.63) is 65.0 Å². The van der Waals surface area contributed by atoms with Gasteiger partial charge in [0.15, 0.2) is 0 Å². The number of aromatic nitrogens is 4. The maximum Gasteiger partial charge on any atom is 0.227 e. The van der Waals surface area contributed by atoms with Crippen LogP contribution >= 0.6 is 15.9 Å². The lowest BCUT2D eigenvalue weighted by Gasteiger charge is -2.10. The summed E-state index contributed by atoms with van der Waals surface area (Å²) in [5, 5.41) is 8.39. The Kier molecular flexibility index (Phi) is 4.79. The number of nitrogens with zero attached hydrogens (tertiary/aromatic N) is 4. The molecule has 0 aliphatic rings. The maximum atomic E-state index is 11.4. The molecule has 0 fully saturated rings. The average Bonchev–Trinajstić information content (AvgIpc) is 3.07. The van der Waals surface area contributed by atoms with E-state index in [1.54, 1.807) is 17.1 Å². The number of anilines is 2. The largest absolute Gasteiger partial charge is 0.369 e. The molecule has 0 bridgehead atoms. The van der Waals surface area contributed by atoms with E-state index in [-0.39, 0.29) is 12.3 Å². The van der Waals surface area contributed by atoms with E-state index in [9.17, 15) is 4.79 Å². The van der Waals surface area contributed by atoms with Gasteiger partial charge in [0.25, 0.3) is 0 Å². The topological polar surface area (TPSA) is 98.7 Å². The molecular weight excluding hydrogens is 420 g/mol. The van der Waals surface area contributed by atoms with E-state index < -0.39 is 0 Å². The van der Waals surface area contributed by atoms with Gasteiger partial charge in [0.2, 0.25) is 11.9 Å². The van der Waals surface area contributed by atoms with Crippen LogP contribution in [-0.2, 0) is 18.3 Å². The minimum absolute atomic E-state index is 0.148. The van der Waals surface area contributed by atoms with Gasteiger partial charge < -0.3 is 11.1 Å². The van der Waals surface area contributed by atoms with E-state index in [4.69, 9.17) is 5.73 Å². The van der Waals surface area contributed by atoms with Gasteiger partial charge in [0.05, 0.1) is 18.1 Å². The fraction of sp³-hybridized carbons (Fsp3) is 0.100. The SMILES string of the molecule is Cn1cc(-c2cc(CC(N)=O)cc(Nc3ncc4cc(Br)ccc4n3)c2)cn1. The number of benzene rings is 2. The summed E-state index contributed by atoms with van der Waals surface area (Å²) in [4.78, 5) is 20.4. The third-order valence-electron chi connectivity index (χ3n) is 4.21. The molecule has 7 nitrogen and oxygen atoms in total. The van der Waals surface area contributed by atoms with Crippen molar-refractivity contribution >= 4 is 44.4 Å². The highest BCUT2D eigenvalue weighted by Crippen LogP contribution is 2.27. The maximum absolute atomic E-state index is 11.4. The number of hydrogen-bond acceptors (Lipinski definition) is 5. The van der Waals surface area contributed by atoms with Crippen molar-refractivity contribution in [3.8, 4) is 11.1 Å². The summed E-state index contributed by atoms with van der Waals surface area (Å²) < 4.78 is 2.71. The predicted octanol–water partition coefficient (Wildman–Crippen LogP) is 3.56. The molecule has 0 unspecified atom stereocenters. The lowest BCUT2D eigenvalue weighted by atomic mass is 10.0. The Bertz CT molecular complexity index is 1190. The second kappa shape index (κ2) is 7.40. The van der Waals surface area contributed by atoms with Gasteiger partial charge >= 0.3 is 0 Å². The first-order valence-electron chi connectivity index (χ1n) is 8.57. The molecule has 2 aromatic heterocycles. The van der Waals surface area contributed by atoms with Crippen molar-refractivity contribution in [2.45, 2.75) is 6.42 Å². The Hall–Kier alpha value is -3.26. The van der Waals surface area contributed by atoms with Crippen LogP contribution < -0.4 is 11.1 Å². The van der Waals surface area contributed by atoms with Crippen molar-refractivity contribution in [1.29, 1.82) is 0 Å². The van der Waals surface area contributed by atoms with Crippen LogP contribution in [0.25, 0.3) is 22.0 Å². The Morgan fingerprint density at radius 2 is 2.04 bits per heavy atom. The summed E-state index contributed by atoms with van der Waals surface area (Å²) in [7, 11) is 1.86. The summed E-state index contributed by atoms with van der Waals surface area (Å²) in [6.45, 7) is 0. The average molecular weight is 437 g/mol. The fourth-order valence-electron chi connectivity index (χ4n) is 3.00. The molecule has 8 heteroatoms. The summed E-state index contributed by atoms with van der Waals surface area (Å²) in [6.07, 6.45) is 5.61. The minimum Gasteiger partial charge on any atom is -0.369 e. The van der Waals surface area contributed by atoms with Crippen LogP contribution in [0.15, 0.2) is 59.5 Å². The van der Waals surface area contributed by atoms with Crippen molar-refractivity contribution < 1.29 is 4.79 Å².